The molecule has 2 aromatic carbocycles. The van der Waals surface area contributed by atoms with Crippen LogP contribution in [-0.2, 0) is 16.8 Å². The van der Waals surface area contributed by atoms with Crippen molar-refractivity contribution in [1.29, 1.82) is 0 Å². The van der Waals surface area contributed by atoms with E-state index in [0.717, 1.165) is 36.2 Å². The van der Waals surface area contributed by atoms with Crippen LogP contribution in [0, 0.1) is 19.3 Å². The lowest BCUT2D eigenvalue weighted by molar-refractivity contribution is -0.121. The first kappa shape index (κ1) is 21.4. The van der Waals surface area contributed by atoms with Gasteiger partial charge in [-0.05, 0) is 71.0 Å². The van der Waals surface area contributed by atoms with Crippen molar-refractivity contribution in [3.8, 4) is 0 Å². The molecule has 3 nitrogen and oxygen atoms in total. The average Bonchev–Trinajstić information content (AvgIpc) is 2.73. The number of benzene rings is 2. The molecule has 0 aromatic heterocycles. The summed E-state index contributed by atoms with van der Waals surface area (Å²) in [6.45, 7) is 17.1. The molecule has 0 aliphatic carbocycles. The third-order valence-electron chi connectivity index (χ3n) is 6.50. The van der Waals surface area contributed by atoms with Crippen molar-refractivity contribution in [2.45, 2.75) is 72.8 Å². The third kappa shape index (κ3) is 4.19. The molecule has 1 aliphatic rings. The maximum absolute atomic E-state index is 12.3. The average molecular weight is 393 g/mol. The Labute approximate surface area is 176 Å². The third-order valence-corrected chi connectivity index (χ3v) is 6.50. The van der Waals surface area contributed by atoms with E-state index in [2.05, 4.69) is 89.8 Å². The summed E-state index contributed by atoms with van der Waals surface area (Å²) < 4.78 is 0. The summed E-state index contributed by atoms with van der Waals surface area (Å²) in [6, 6.07) is 13.3. The fraction of sp³-hybridized carbons (Fsp3) is 0.500. The molecule has 3 rings (SSSR count). The quantitative estimate of drug-likeness (QED) is 0.738. The zero-order valence-electron chi connectivity index (χ0n) is 19.1. The molecular formula is C26H36N2O. The van der Waals surface area contributed by atoms with Gasteiger partial charge in [0.15, 0.2) is 0 Å². The van der Waals surface area contributed by atoms with Crippen LogP contribution in [0.25, 0.3) is 0 Å². The Bertz CT molecular complexity index is 898. The molecule has 0 spiro atoms. The van der Waals surface area contributed by atoms with Crippen molar-refractivity contribution < 1.29 is 4.79 Å². The molecular weight excluding hydrogens is 356 g/mol. The molecule has 2 aromatic rings. The summed E-state index contributed by atoms with van der Waals surface area (Å²) in [6.07, 6.45) is 1.11. The molecule has 2 N–H and O–H groups in total. The first-order valence-corrected chi connectivity index (χ1v) is 10.7. The lowest BCUT2D eigenvalue weighted by atomic mass is 9.73. The number of aryl methyl sites for hydroxylation is 2. The molecule has 156 valence electrons. The zero-order chi connectivity index (χ0) is 21.6. The molecule has 0 saturated heterocycles. The van der Waals surface area contributed by atoms with E-state index in [1.165, 1.54) is 16.8 Å². The lowest BCUT2D eigenvalue weighted by Gasteiger charge is -2.32. The van der Waals surface area contributed by atoms with Gasteiger partial charge in [0.2, 0.25) is 5.91 Å². The van der Waals surface area contributed by atoms with Crippen molar-refractivity contribution in [3.05, 3.63) is 64.2 Å². The van der Waals surface area contributed by atoms with Crippen LogP contribution in [-0.4, -0.2) is 12.5 Å². The van der Waals surface area contributed by atoms with Crippen molar-refractivity contribution in [2.24, 2.45) is 11.1 Å². The highest BCUT2D eigenvalue weighted by atomic mass is 16.1. The summed E-state index contributed by atoms with van der Waals surface area (Å²) >= 11 is 0. The number of hydrogen-bond donors (Lipinski definition) is 1. The van der Waals surface area contributed by atoms with Crippen LogP contribution in [0.2, 0.25) is 0 Å². The van der Waals surface area contributed by atoms with Gasteiger partial charge < -0.3 is 10.6 Å². The first-order valence-electron chi connectivity index (χ1n) is 10.7. The SMILES string of the molecule is Cc1cc(N2CCC(C)(C)c3ccccc3C2)cc(C)c1C(C(N)=O)C(C)(C)C. The fourth-order valence-electron chi connectivity index (χ4n) is 4.96. The number of amides is 1. The number of anilines is 1. The Morgan fingerprint density at radius 3 is 2.24 bits per heavy atom. The maximum Gasteiger partial charge on any atom is 0.225 e. The second-order valence-corrected chi connectivity index (χ2v) is 10.4. The number of primary amides is 1. The monoisotopic (exact) mass is 392 g/mol. The standard InChI is InChI=1S/C26H36N2O/c1-17-14-20(15-18(2)22(17)23(24(27)29)25(3,4)5)28-13-12-26(6,7)21-11-9-8-10-19(21)16-28/h8-11,14-15,23H,12-13,16H2,1-7H3,(H2,27,29). The Balaban J connectivity index is 2.03. The Hall–Kier alpha value is -2.29. The van der Waals surface area contributed by atoms with Crippen molar-refractivity contribution >= 4 is 11.6 Å². The topological polar surface area (TPSA) is 46.3 Å². The molecule has 3 heteroatoms. The van der Waals surface area contributed by atoms with Gasteiger partial charge in [0, 0.05) is 18.8 Å². The van der Waals surface area contributed by atoms with Gasteiger partial charge in [0.05, 0.1) is 5.92 Å². The Morgan fingerprint density at radius 1 is 1.10 bits per heavy atom. The molecule has 0 radical (unpaired) electrons. The molecule has 29 heavy (non-hydrogen) atoms. The van der Waals surface area contributed by atoms with Crippen LogP contribution in [0.3, 0.4) is 0 Å². The fourth-order valence-corrected chi connectivity index (χ4v) is 4.96. The number of fused-ring (bicyclic) bond motifs is 1. The number of rotatable bonds is 3. The normalized spacial score (nSPS) is 17.4. The maximum atomic E-state index is 12.3. The predicted molar refractivity (Wildman–Crippen MR) is 122 cm³/mol. The van der Waals surface area contributed by atoms with E-state index >= 15 is 0 Å². The van der Waals surface area contributed by atoms with Crippen molar-refractivity contribution in [3.63, 3.8) is 0 Å². The van der Waals surface area contributed by atoms with Gasteiger partial charge in [-0.1, -0.05) is 58.9 Å². The molecule has 0 bridgehead atoms. The van der Waals surface area contributed by atoms with Crippen LogP contribution >= 0.6 is 0 Å². The number of carbonyl (C=O) groups excluding carboxylic acids is 1. The molecule has 1 atom stereocenters. The van der Waals surface area contributed by atoms with E-state index in [9.17, 15) is 4.79 Å². The Kier molecular flexibility index (Phi) is 5.55. The van der Waals surface area contributed by atoms with Gasteiger partial charge in [-0.25, -0.2) is 0 Å². The second kappa shape index (κ2) is 7.51. The van der Waals surface area contributed by atoms with Crippen molar-refractivity contribution in [2.75, 3.05) is 11.4 Å². The number of nitrogens with zero attached hydrogens (tertiary/aromatic N) is 1. The van der Waals surface area contributed by atoms with Crippen LogP contribution in [0.15, 0.2) is 36.4 Å². The van der Waals surface area contributed by atoms with E-state index in [1.54, 1.807) is 0 Å². The Morgan fingerprint density at radius 2 is 1.69 bits per heavy atom. The van der Waals surface area contributed by atoms with E-state index in [4.69, 9.17) is 5.73 Å². The number of nitrogens with two attached hydrogens (primary N) is 1. The minimum atomic E-state index is -0.291. The van der Waals surface area contributed by atoms with Gasteiger partial charge in [0.25, 0.3) is 0 Å². The largest absolute Gasteiger partial charge is 0.369 e. The van der Waals surface area contributed by atoms with E-state index in [0.29, 0.717) is 0 Å². The highest BCUT2D eigenvalue weighted by Gasteiger charge is 2.34. The minimum Gasteiger partial charge on any atom is -0.369 e. The molecule has 1 aliphatic heterocycles. The summed E-state index contributed by atoms with van der Waals surface area (Å²) in [7, 11) is 0. The van der Waals surface area contributed by atoms with Crippen molar-refractivity contribution in [1.82, 2.24) is 0 Å². The van der Waals surface area contributed by atoms with Gasteiger partial charge in [-0.15, -0.1) is 0 Å². The van der Waals surface area contributed by atoms with Gasteiger partial charge in [0.1, 0.15) is 0 Å². The van der Waals surface area contributed by atoms with Gasteiger partial charge in [-0.2, -0.15) is 0 Å². The van der Waals surface area contributed by atoms with Gasteiger partial charge in [-0.3, -0.25) is 4.79 Å². The van der Waals surface area contributed by atoms with Crippen LogP contribution < -0.4 is 10.6 Å². The molecule has 0 saturated carbocycles. The van der Waals surface area contributed by atoms with Gasteiger partial charge >= 0.3 is 0 Å². The zero-order valence-corrected chi connectivity index (χ0v) is 19.1. The lowest BCUT2D eigenvalue weighted by Crippen LogP contribution is -2.33. The molecule has 1 heterocycles. The summed E-state index contributed by atoms with van der Waals surface area (Å²) in [5.41, 5.74) is 13.2. The van der Waals surface area contributed by atoms with Crippen LogP contribution in [0.1, 0.15) is 74.8 Å². The van der Waals surface area contributed by atoms with Crippen LogP contribution in [0.5, 0.6) is 0 Å². The van der Waals surface area contributed by atoms with E-state index in [1.807, 2.05) is 0 Å². The smallest absolute Gasteiger partial charge is 0.225 e. The van der Waals surface area contributed by atoms with E-state index in [-0.39, 0.29) is 22.7 Å². The second-order valence-electron chi connectivity index (χ2n) is 10.4. The number of hydrogen-bond acceptors (Lipinski definition) is 2. The summed E-state index contributed by atoms with van der Waals surface area (Å²) in [5.74, 6) is -0.540. The van der Waals surface area contributed by atoms with Crippen LogP contribution in [0.4, 0.5) is 5.69 Å². The highest BCUT2D eigenvalue weighted by molar-refractivity contribution is 5.84. The number of carbonyl (C=O) groups is 1. The molecule has 1 unspecified atom stereocenters. The summed E-state index contributed by atoms with van der Waals surface area (Å²) in [4.78, 5) is 14.8. The highest BCUT2D eigenvalue weighted by Crippen LogP contribution is 2.41. The van der Waals surface area contributed by atoms with E-state index < -0.39 is 0 Å². The molecule has 0 fully saturated rings. The predicted octanol–water partition coefficient (Wildman–Crippen LogP) is 5.61. The first-order chi connectivity index (χ1) is 13.4. The minimum absolute atomic E-state index is 0.165. The molecule has 1 amide bonds. The summed E-state index contributed by atoms with van der Waals surface area (Å²) in [5, 5.41) is 0.